The van der Waals surface area contributed by atoms with Crippen LogP contribution in [0.5, 0.6) is 0 Å². The van der Waals surface area contributed by atoms with Crippen LogP contribution in [0.3, 0.4) is 0 Å². The fourth-order valence-corrected chi connectivity index (χ4v) is 3.70. The molecule has 28 heavy (non-hydrogen) atoms. The van der Waals surface area contributed by atoms with Gasteiger partial charge in [-0.05, 0) is 25.0 Å². The third-order valence-corrected chi connectivity index (χ3v) is 5.35. The van der Waals surface area contributed by atoms with Crippen LogP contribution in [-0.4, -0.2) is 78.9 Å². The van der Waals surface area contributed by atoms with Crippen molar-refractivity contribution in [3.63, 3.8) is 0 Å². The van der Waals surface area contributed by atoms with Crippen LogP contribution in [0.2, 0.25) is 0 Å². The number of hydrogen-bond donors (Lipinski definition) is 1. The van der Waals surface area contributed by atoms with Crippen LogP contribution in [-0.2, 0) is 9.59 Å². The minimum atomic E-state index is -0.787. The van der Waals surface area contributed by atoms with Gasteiger partial charge in [-0.25, -0.2) is 8.78 Å². The number of nitrogens with zero attached hydrogens (tertiary/aromatic N) is 3. The minimum Gasteiger partial charge on any atom is -0.342 e. The Morgan fingerprint density at radius 3 is 2.07 bits per heavy atom. The largest absolute Gasteiger partial charge is 0.342 e. The van der Waals surface area contributed by atoms with Crippen molar-refractivity contribution in [2.24, 2.45) is 0 Å². The Kier molecular flexibility index (Phi) is 7.33. The van der Waals surface area contributed by atoms with Crippen molar-refractivity contribution in [3.05, 3.63) is 29.8 Å². The van der Waals surface area contributed by atoms with Crippen LogP contribution in [0.15, 0.2) is 18.2 Å². The summed E-state index contributed by atoms with van der Waals surface area (Å²) in [5.74, 6) is -1.61. The summed E-state index contributed by atoms with van der Waals surface area (Å²) in [6, 6.07) is 3.07. The first-order chi connectivity index (χ1) is 13.5. The van der Waals surface area contributed by atoms with Gasteiger partial charge < -0.3 is 10.2 Å². The highest BCUT2D eigenvalue weighted by molar-refractivity contribution is 5.92. The SMILES string of the molecule is O=C(CN1CCN(CC(=O)N2CCCCCC2)CC1)Nc1ccc(F)cc1F. The van der Waals surface area contributed by atoms with E-state index in [9.17, 15) is 18.4 Å². The third kappa shape index (κ3) is 5.97. The number of nitrogens with one attached hydrogen (secondary N) is 1. The molecule has 0 spiro atoms. The second-order valence-electron chi connectivity index (χ2n) is 7.52. The second kappa shape index (κ2) is 9.93. The molecule has 1 aromatic carbocycles. The Balaban J connectivity index is 1.39. The summed E-state index contributed by atoms with van der Waals surface area (Å²) in [4.78, 5) is 30.7. The summed E-state index contributed by atoms with van der Waals surface area (Å²) in [5, 5.41) is 2.48. The average molecular weight is 394 g/mol. The number of amides is 2. The highest BCUT2D eigenvalue weighted by Crippen LogP contribution is 2.15. The molecular formula is C20H28F2N4O2. The number of carbonyl (C=O) groups is 2. The molecule has 6 nitrogen and oxygen atoms in total. The van der Waals surface area contributed by atoms with Gasteiger partial charge in [0.15, 0.2) is 0 Å². The summed E-state index contributed by atoms with van der Waals surface area (Å²) in [7, 11) is 0. The fraction of sp³-hybridized carbons (Fsp3) is 0.600. The van der Waals surface area contributed by atoms with Gasteiger partial charge in [-0.15, -0.1) is 0 Å². The van der Waals surface area contributed by atoms with E-state index in [1.807, 2.05) is 9.80 Å². The van der Waals surface area contributed by atoms with Gasteiger partial charge in [-0.2, -0.15) is 0 Å². The van der Waals surface area contributed by atoms with E-state index < -0.39 is 11.6 Å². The van der Waals surface area contributed by atoms with E-state index in [-0.39, 0.29) is 24.0 Å². The summed E-state index contributed by atoms with van der Waals surface area (Å²) in [6.07, 6.45) is 4.57. The summed E-state index contributed by atoms with van der Waals surface area (Å²) >= 11 is 0. The number of piperazine rings is 1. The first-order valence-electron chi connectivity index (χ1n) is 9.98. The number of carbonyl (C=O) groups excluding carboxylic acids is 2. The molecule has 0 unspecified atom stereocenters. The molecule has 154 valence electrons. The number of hydrogen-bond acceptors (Lipinski definition) is 4. The maximum atomic E-state index is 13.6. The van der Waals surface area contributed by atoms with E-state index in [4.69, 9.17) is 0 Å². The van der Waals surface area contributed by atoms with Crippen molar-refractivity contribution in [3.8, 4) is 0 Å². The molecule has 0 aliphatic carbocycles. The number of anilines is 1. The van der Waals surface area contributed by atoms with Crippen molar-refractivity contribution >= 4 is 17.5 Å². The highest BCUT2D eigenvalue weighted by Gasteiger charge is 2.23. The monoisotopic (exact) mass is 394 g/mol. The molecule has 0 radical (unpaired) electrons. The van der Waals surface area contributed by atoms with E-state index >= 15 is 0 Å². The second-order valence-corrected chi connectivity index (χ2v) is 7.52. The van der Waals surface area contributed by atoms with Crippen molar-refractivity contribution in [2.45, 2.75) is 25.7 Å². The maximum absolute atomic E-state index is 13.6. The van der Waals surface area contributed by atoms with Gasteiger partial charge in [0.2, 0.25) is 11.8 Å². The molecule has 2 heterocycles. The lowest BCUT2D eigenvalue weighted by Crippen LogP contribution is -2.51. The van der Waals surface area contributed by atoms with Gasteiger partial charge >= 0.3 is 0 Å². The van der Waals surface area contributed by atoms with E-state index in [0.29, 0.717) is 19.6 Å². The highest BCUT2D eigenvalue weighted by atomic mass is 19.1. The van der Waals surface area contributed by atoms with Crippen molar-refractivity contribution in [1.82, 2.24) is 14.7 Å². The van der Waals surface area contributed by atoms with Crippen molar-refractivity contribution < 1.29 is 18.4 Å². The Morgan fingerprint density at radius 1 is 0.857 bits per heavy atom. The average Bonchev–Trinajstić information content (AvgIpc) is 2.95. The predicted molar refractivity (Wildman–Crippen MR) is 103 cm³/mol. The molecule has 2 aliphatic rings. The van der Waals surface area contributed by atoms with Crippen LogP contribution < -0.4 is 5.32 Å². The fourth-order valence-electron chi connectivity index (χ4n) is 3.70. The minimum absolute atomic E-state index is 0.0203. The first-order valence-corrected chi connectivity index (χ1v) is 9.98. The molecule has 8 heteroatoms. The molecule has 2 amide bonds. The summed E-state index contributed by atoms with van der Waals surface area (Å²) in [5.41, 5.74) is -0.0203. The topological polar surface area (TPSA) is 55.9 Å². The molecule has 0 saturated carbocycles. The number of halogens is 2. The Morgan fingerprint density at radius 2 is 1.46 bits per heavy atom. The molecule has 3 rings (SSSR count). The zero-order valence-corrected chi connectivity index (χ0v) is 16.1. The quantitative estimate of drug-likeness (QED) is 0.829. The standard InChI is InChI=1S/C20H28F2N4O2/c21-16-5-6-18(17(22)13-16)23-19(27)14-24-9-11-25(12-10-24)15-20(28)26-7-3-1-2-4-8-26/h5-6,13H,1-4,7-12,14-15H2,(H,23,27). The van der Waals surface area contributed by atoms with Crippen LogP contribution in [0.25, 0.3) is 0 Å². The molecular weight excluding hydrogens is 366 g/mol. The first kappa shape index (κ1) is 20.7. The van der Waals surface area contributed by atoms with Crippen molar-refractivity contribution in [1.29, 1.82) is 0 Å². The Hall–Kier alpha value is -2.06. The molecule has 2 aliphatic heterocycles. The van der Waals surface area contributed by atoms with E-state index in [0.717, 1.165) is 51.2 Å². The summed E-state index contributed by atoms with van der Waals surface area (Å²) in [6.45, 7) is 5.08. The number of likely N-dealkylation sites (tertiary alicyclic amines) is 1. The lowest BCUT2D eigenvalue weighted by atomic mass is 10.2. The van der Waals surface area contributed by atoms with Gasteiger partial charge in [0.05, 0.1) is 18.8 Å². The lowest BCUT2D eigenvalue weighted by Gasteiger charge is -2.35. The molecule has 1 N–H and O–H groups in total. The smallest absolute Gasteiger partial charge is 0.238 e. The number of benzene rings is 1. The van der Waals surface area contributed by atoms with Crippen molar-refractivity contribution in [2.75, 3.05) is 57.7 Å². The molecule has 2 fully saturated rings. The molecule has 0 bridgehead atoms. The Bertz CT molecular complexity index is 685. The zero-order chi connectivity index (χ0) is 19.9. The lowest BCUT2D eigenvalue weighted by molar-refractivity contribution is -0.133. The van der Waals surface area contributed by atoms with Gasteiger partial charge in [0, 0.05) is 45.3 Å². The van der Waals surface area contributed by atoms with Crippen LogP contribution in [0, 0.1) is 11.6 Å². The zero-order valence-electron chi connectivity index (χ0n) is 16.1. The van der Waals surface area contributed by atoms with Crippen LogP contribution >= 0.6 is 0 Å². The predicted octanol–water partition coefficient (Wildman–Crippen LogP) is 1.92. The van der Waals surface area contributed by atoms with E-state index in [1.54, 1.807) is 0 Å². The molecule has 1 aromatic rings. The van der Waals surface area contributed by atoms with Gasteiger partial charge in [-0.1, -0.05) is 12.8 Å². The molecule has 0 atom stereocenters. The van der Waals surface area contributed by atoms with Gasteiger partial charge in [-0.3, -0.25) is 19.4 Å². The molecule has 0 aromatic heterocycles. The van der Waals surface area contributed by atoms with E-state index in [1.165, 1.54) is 18.9 Å². The van der Waals surface area contributed by atoms with Crippen LogP contribution in [0.4, 0.5) is 14.5 Å². The normalized spacial score (nSPS) is 19.3. The summed E-state index contributed by atoms with van der Waals surface area (Å²) < 4.78 is 26.6. The molecule has 2 saturated heterocycles. The van der Waals surface area contributed by atoms with E-state index in [2.05, 4.69) is 10.2 Å². The van der Waals surface area contributed by atoms with Gasteiger partial charge in [0.1, 0.15) is 11.6 Å². The maximum Gasteiger partial charge on any atom is 0.238 e. The van der Waals surface area contributed by atoms with Crippen LogP contribution in [0.1, 0.15) is 25.7 Å². The third-order valence-electron chi connectivity index (χ3n) is 5.35. The van der Waals surface area contributed by atoms with Gasteiger partial charge in [0.25, 0.3) is 0 Å². The number of rotatable bonds is 5. The Labute approximate surface area is 164 Å².